The summed E-state index contributed by atoms with van der Waals surface area (Å²) in [7, 11) is 0. The fourth-order valence-corrected chi connectivity index (χ4v) is 3.77. The number of pyridine rings is 1. The fourth-order valence-electron chi connectivity index (χ4n) is 3.77. The number of nitriles is 1. The summed E-state index contributed by atoms with van der Waals surface area (Å²) in [6.07, 6.45) is 6.34. The second-order valence-corrected chi connectivity index (χ2v) is 7.71. The van der Waals surface area contributed by atoms with Gasteiger partial charge in [-0.2, -0.15) is 10.4 Å². The second-order valence-electron chi connectivity index (χ2n) is 7.71. The monoisotopic (exact) mass is 434 g/mol. The Hall–Kier alpha value is -4.37. The molecule has 5 rings (SSSR count). The average Bonchev–Trinajstić information content (AvgIpc) is 3.10. The summed E-state index contributed by atoms with van der Waals surface area (Å²) in [5.74, 6) is 1.45. The van der Waals surface area contributed by atoms with Gasteiger partial charge in [0, 0.05) is 29.9 Å². The molecule has 6 nitrogen and oxygen atoms in total. The van der Waals surface area contributed by atoms with Crippen LogP contribution in [0.3, 0.4) is 0 Å². The van der Waals surface area contributed by atoms with E-state index in [1.54, 1.807) is 6.20 Å². The van der Waals surface area contributed by atoms with Crippen LogP contribution in [0, 0.1) is 11.3 Å². The van der Waals surface area contributed by atoms with Crippen molar-refractivity contribution in [1.29, 1.82) is 5.26 Å². The Kier molecular flexibility index (Phi) is 5.85. The molecule has 162 valence electrons. The molecule has 0 fully saturated rings. The smallest absolute Gasteiger partial charge is 0.161 e. The minimum atomic E-state index is 0.477. The van der Waals surface area contributed by atoms with Gasteiger partial charge in [0.2, 0.25) is 0 Å². The van der Waals surface area contributed by atoms with Gasteiger partial charge in [0.15, 0.2) is 11.5 Å². The highest BCUT2D eigenvalue weighted by Gasteiger charge is 2.16. The van der Waals surface area contributed by atoms with Crippen molar-refractivity contribution in [2.75, 3.05) is 13.2 Å². The predicted molar refractivity (Wildman–Crippen MR) is 127 cm³/mol. The molecule has 0 spiro atoms. The van der Waals surface area contributed by atoms with Gasteiger partial charge in [-0.3, -0.25) is 9.67 Å². The first-order chi connectivity index (χ1) is 16.3. The molecular formula is C27H22N4O2. The Labute approximate surface area is 192 Å². The zero-order valence-electron chi connectivity index (χ0n) is 18.0. The van der Waals surface area contributed by atoms with E-state index in [0.717, 1.165) is 34.6 Å². The summed E-state index contributed by atoms with van der Waals surface area (Å²) in [5, 5.41) is 14.7. The molecule has 0 amide bonds. The Morgan fingerprint density at radius 3 is 2.61 bits per heavy atom. The van der Waals surface area contributed by atoms with Crippen molar-refractivity contribution in [2.45, 2.75) is 13.0 Å². The largest absolute Gasteiger partial charge is 0.490 e. The van der Waals surface area contributed by atoms with Crippen LogP contribution in [0.1, 0.15) is 23.2 Å². The highest BCUT2D eigenvalue weighted by molar-refractivity contribution is 5.91. The number of nitrogens with zero attached hydrogens (tertiary/aromatic N) is 4. The van der Waals surface area contributed by atoms with E-state index in [1.165, 1.54) is 0 Å². The number of hydrogen-bond acceptors (Lipinski definition) is 5. The highest BCUT2D eigenvalue weighted by Crippen LogP contribution is 2.35. The average molecular weight is 434 g/mol. The predicted octanol–water partition coefficient (Wildman–Crippen LogP) is 5.22. The maximum atomic E-state index is 9.81. The van der Waals surface area contributed by atoms with Gasteiger partial charge >= 0.3 is 0 Å². The van der Waals surface area contributed by atoms with E-state index in [1.807, 2.05) is 71.6 Å². The number of benzene rings is 2. The van der Waals surface area contributed by atoms with Crippen molar-refractivity contribution in [3.8, 4) is 28.8 Å². The van der Waals surface area contributed by atoms with E-state index in [0.29, 0.717) is 36.8 Å². The number of fused-ring (bicyclic) bond motifs is 1. The number of rotatable bonds is 5. The van der Waals surface area contributed by atoms with Crippen molar-refractivity contribution in [3.05, 3.63) is 95.9 Å². The molecule has 0 atom stereocenters. The lowest BCUT2D eigenvalue weighted by Crippen LogP contribution is -2.00. The molecule has 1 aliphatic heterocycles. The topological polar surface area (TPSA) is 73.0 Å². The highest BCUT2D eigenvalue weighted by atomic mass is 16.5. The summed E-state index contributed by atoms with van der Waals surface area (Å²) >= 11 is 0. The van der Waals surface area contributed by atoms with Crippen LogP contribution in [-0.2, 0) is 6.54 Å². The third-order valence-electron chi connectivity index (χ3n) is 5.36. The lowest BCUT2D eigenvalue weighted by atomic mass is 10.0. The van der Waals surface area contributed by atoms with Crippen molar-refractivity contribution in [1.82, 2.24) is 14.8 Å². The van der Waals surface area contributed by atoms with Crippen molar-refractivity contribution in [3.63, 3.8) is 0 Å². The molecule has 0 bridgehead atoms. The van der Waals surface area contributed by atoms with E-state index in [4.69, 9.17) is 14.6 Å². The first-order valence-corrected chi connectivity index (χ1v) is 10.8. The molecule has 0 radical (unpaired) electrons. The van der Waals surface area contributed by atoms with Crippen LogP contribution in [-0.4, -0.2) is 28.0 Å². The fraction of sp³-hybridized carbons (Fsp3) is 0.148. The van der Waals surface area contributed by atoms with Crippen LogP contribution < -0.4 is 9.47 Å². The van der Waals surface area contributed by atoms with E-state index in [9.17, 15) is 5.26 Å². The molecule has 1 aliphatic rings. The van der Waals surface area contributed by atoms with Gasteiger partial charge in [0.1, 0.15) is 6.07 Å². The SMILES string of the molecule is N#CC(=Cc1cn(Cc2ccccc2)nc1-c1ccc2c(c1)OCCCO2)c1ccccn1. The lowest BCUT2D eigenvalue weighted by molar-refractivity contribution is 0.297. The Morgan fingerprint density at radius 2 is 1.82 bits per heavy atom. The van der Waals surface area contributed by atoms with Crippen LogP contribution in [0.15, 0.2) is 79.1 Å². The van der Waals surface area contributed by atoms with Gasteiger partial charge in [-0.1, -0.05) is 36.4 Å². The lowest BCUT2D eigenvalue weighted by Gasteiger charge is -2.09. The van der Waals surface area contributed by atoms with Crippen molar-refractivity contribution >= 4 is 11.6 Å². The summed E-state index contributed by atoms with van der Waals surface area (Å²) in [6, 6.07) is 23.8. The van der Waals surface area contributed by atoms with Crippen LogP contribution in [0.4, 0.5) is 0 Å². The molecule has 0 N–H and O–H groups in total. The zero-order chi connectivity index (χ0) is 22.5. The Balaban J connectivity index is 1.59. The molecule has 33 heavy (non-hydrogen) atoms. The zero-order valence-corrected chi connectivity index (χ0v) is 18.0. The second kappa shape index (κ2) is 9.41. The third kappa shape index (κ3) is 4.63. The van der Waals surface area contributed by atoms with E-state index in [2.05, 4.69) is 23.2 Å². The minimum Gasteiger partial charge on any atom is -0.490 e. The minimum absolute atomic E-state index is 0.477. The quantitative estimate of drug-likeness (QED) is 0.403. The number of aromatic nitrogens is 3. The maximum Gasteiger partial charge on any atom is 0.161 e. The van der Waals surface area contributed by atoms with Gasteiger partial charge in [0.05, 0.1) is 36.7 Å². The van der Waals surface area contributed by atoms with Crippen LogP contribution in [0.2, 0.25) is 0 Å². The van der Waals surface area contributed by atoms with E-state index >= 15 is 0 Å². The van der Waals surface area contributed by atoms with Crippen LogP contribution in [0.25, 0.3) is 22.9 Å². The molecule has 0 saturated carbocycles. The molecular weight excluding hydrogens is 412 g/mol. The first kappa shape index (κ1) is 20.5. The molecule has 6 heteroatoms. The maximum absolute atomic E-state index is 9.81. The van der Waals surface area contributed by atoms with Gasteiger partial charge in [-0.05, 0) is 42.0 Å². The molecule has 0 saturated heterocycles. The normalized spacial score (nSPS) is 13.2. The van der Waals surface area contributed by atoms with Gasteiger partial charge in [0.25, 0.3) is 0 Å². The number of hydrogen-bond donors (Lipinski definition) is 0. The first-order valence-electron chi connectivity index (χ1n) is 10.8. The van der Waals surface area contributed by atoms with E-state index < -0.39 is 0 Å². The Bertz CT molecular complexity index is 1320. The molecule has 3 heterocycles. The number of ether oxygens (including phenoxy) is 2. The molecule has 0 aliphatic carbocycles. The van der Waals surface area contributed by atoms with Gasteiger partial charge < -0.3 is 9.47 Å². The molecule has 2 aromatic heterocycles. The molecule has 4 aromatic rings. The van der Waals surface area contributed by atoms with Crippen molar-refractivity contribution < 1.29 is 9.47 Å². The van der Waals surface area contributed by atoms with Crippen LogP contribution in [0.5, 0.6) is 11.5 Å². The number of allylic oxidation sites excluding steroid dienone is 1. The van der Waals surface area contributed by atoms with Crippen LogP contribution >= 0.6 is 0 Å². The van der Waals surface area contributed by atoms with Gasteiger partial charge in [-0.15, -0.1) is 0 Å². The van der Waals surface area contributed by atoms with Gasteiger partial charge in [-0.25, -0.2) is 0 Å². The summed E-state index contributed by atoms with van der Waals surface area (Å²) < 4.78 is 13.6. The molecule has 2 aromatic carbocycles. The summed E-state index contributed by atoms with van der Waals surface area (Å²) in [4.78, 5) is 4.34. The third-order valence-corrected chi connectivity index (χ3v) is 5.36. The van der Waals surface area contributed by atoms with E-state index in [-0.39, 0.29) is 0 Å². The summed E-state index contributed by atoms with van der Waals surface area (Å²) in [6.45, 7) is 1.88. The standard InChI is InChI=1S/C27H22N4O2/c28-17-22(24-9-4-5-12-29-24)15-23-19-31(18-20-7-2-1-3-8-20)30-27(23)21-10-11-25-26(16-21)33-14-6-13-32-25/h1-5,7-12,15-16,19H,6,13-14,18H2. The van der Waals surface area contributed by atoms with Crippen molar-refractivity contribution in [2.24, 2.45) is 0 Å². The summed E-state index contributed by atoms with van der Waals surface area (Å²) in [5.41, 5.74) is 4.75. The molecule has 0 unspecified atom stereocenters. The Morgan fingerprint density at radius 1 is 1.00 bits per heavy atom.